The highest BCUT2D eigenvalue weighted by Gasteiger charge is 2.03. The average molecular weight is 263 g/mol. The van der Waals surface area contributed by atoms with Crippen molar-refractivity contribution in [2.45, 2.75) is 20.4 Å². The van der Waals surface area contributed by atoms with Crippen molar-refractivity contribution >= 4 is 10.8 Å². The average Bonchev–Trinajstić information content (AvgIpc) is 2.44. The van der Waals surface area contributed by atoms with Crippen LogP contribution in [-0.2, 0) is 6.54 Å². The molecule has 0 aliphatic carbocycles. The van der Waals surface area contributed by atoms with E-state index in [1.165, 1.54) is 11.1 Å². The largest absolute Gasteiger partial charge is 0.311 e. The molecule has 0 amide bonds. The summed E-state index contributed by atoms with van der Waals surface area (Å²) in [7, 11) is 0. The molecule has 0 saturated carbocycles. The van der Waals surface area contributed by atoms with E-state index in [2.05, 4.69) is 31.2 Å². The van der Waals surface area contributed by atoms with E-state index in [4.69, 9.17) is 0 Å². The third-order valence-electron chi connectivity index (χ3n) is 3.61. The van der Waals surface area contributed by atoms with E-state index < -0.39 is 0 Å². The second-order valence-electron chi connectivity index (χ2n) is 5.33. The highest BCUT2D eigenvalue weighted by molar-refractivity contribution is 5.82. The van der Waals surface area contributed by atoms with Crippen LogP contribution in [0.1, 0.15) is 16.7 Å². The molecule has 3 aromatic rings. The van der Waals surface area contributed by atoms with Crippen LogP contribution < -0.4 is 5.56 Å². The highest BCUT2D eigenvalue weighted by atomic mass is 16.1. The molecule has 0 spiro atoms. The molecule has 100 valence electrons. The molecule has 0 atom stereocenters. The predicted molar refractivity (Wildman–Crippen MR) is 83.2 cm³/mol. The summed E-state index contributed by atoms with van der Waals surface area (Å²) < 4.78 is 1.77. The van der Waals surface area contributed by atoms with Crippen molar-refractivity contribution in [1.82, 2.24) is 4.57 Å². The molecule has 20 heavy (non-hydrogen) atoms. The van der Waals surface area contributed by atoms with E-state index in [1.54, 1.807) is 4.57 Å². The van der Waals surface area contributed by atoms with Crippen LogP contribution >= 0.6 is 0 Å². The summed E-state index contributed by atoms with van der Waals surface area (Å²) in [5.41, 5.74) is 3.62. The minimum atomic E-state index is 0.0723. The monoisotopic (exact) mass is 263 g/mol. The second-order valence-corrected chi connectivity index (χ2v) is 5.33. The smallest absolute Gasteiger partial charge is 0.258 e. The number of hydrogen-bond donors (Lipinski definition) is 0. The molecular weight excluding hydrogens is 246 g/mol. The number of nitrogens with zero attached hydrogens (tertiary/aromatic N) is 1. The zero-order valence-electron chi connectivity index (χ0n) is 11.8. The number of rotatable bonds is 2. The molecule has 0 bridgehead atoms. The van der Waals surface area contributed by atoms with Crippen LogP contribution in [0.2, 0.25) is 0 Å². The fraction of sp³-hybridized carbons (Fsp3) is 0.167. The summed E-state index contributed by atoms with van der Waals surface area (Å²) in [4.78, 5) is 12.5. The van der Waals surface area contributed by atoms with Gasteiger partial charge in [-0.15, -0.1) is 0 Å². The van der Waals surface area contributed by atoms with Crippen LogP contribution in [0.5, 0.6) is 0 Å². The van der Waals surface area contributed by atoms with Crippen molar-refractivity contribution in [3.05, 3.63) is 81.8 Å². The third kappa shape index (κ3) is 2.37. The van der Waals surface area contributed by atoms with Gasteiger partial charge in [-0.1, -0.05) is 47.5 Å². The Kier molecular flexibility index (Phi) is 3.15. The minimum Gasteiger partial charge on any atom is -0.311 e. The Balaban J connectivity index is 2.04. The van der Waals surface area contributed by atoms with Crippen LogP contribution in [0.15, 0.2) is 59.5 Å². The molecule has 0 unspecified atom stereocenters. The van der Waals surface area contributed by atoms with Gasteiger partial charge in [0.15, 0.2) is 0 Å². The summed E-state index contributed by atoms with van der Waals surface area (Å²) in [6.45, 7) is 4.72. The maximum absolute atomic E-state index is 12.5. The van der Waals surface area contributed by atoms with Gasteiger partial charge in [0.05, 0.1) is 6.54 Å². The van der Waals surface area contributed by atoms with Gasteiger partial charge in [0, 0.05) is 11.6 Å². The Bertz CT molecular complexity index is 813. The maximum Gasteiger partial charge on any atom is 0.258 e. The van der Waals surface area contributed by atoms with Gasteiger partial charge in [-0.3, -0.25) is 4.79 Å². The number of hydrogen-bond acceptors (Lipinski definition) is 1. The quantitative estimate of drug-likeness (QED) is 0.691. The van der Waals surface area contributed by atoms with Crippen LogP contribution in [0.25, 0.3) is 10.8 Å². The molecule has 2 aromatic carbocycles. The number of fused-ring (bicyclic) bond motifs is 1. The van der Waals surface area contributed by atoms with E-state index >= 15 is 0 Å². The molecule has 0 aliphatic rings. The Morgan fingerprint density at radius 1 is 0.900 bits per heavy atom. The van der Waals surface area contributed by atoms with E-state index in [-0.39, 0.29) is 5.56 Å². The summed E-state index contributed by atoms with van der Waals surface area (Å²) in [5.74, 6) is 0. The SMILES string of the molecule is Cc1ccc(Cn2ccc3cc(C)ccc3c2=O)cc1. The van der Waals surface area contributed by atoms with Crippen molar-refractivity contribution < 1.29 is 0 Å². The molecule has 2 heteroatoms. The van der Waals surface area contributed by atoms with E-state index in [1.807, 2.05) is 37.4 Å². The van der Waals surface area contributed by atoms with Gasteiger partial charge in [0.1, 0.15) is 0 Å². The first-order chi connectivity index (χ1) is 9.63. The fourth-order valence-electron chi connectivity index (χ4n) is 2.42. The summed E-state index contributed by atoms with van der Waals surface area (Å²) in [5, 5.41) is 1.79. The lowest BCUT2D eigenvalue weighted by molar-refractivity contribution is 0.768. The van der Waals surface area contributed by atoms with E-state index in [0.29, 0.717) is 6.54 Å². The maximum atomic E-state index is 12.5. The predicted octanol–water partition coefficient (Wildman–Crippen LogP) is 3.67. The van der Waals surface area contributed by atoms with Crippen molar-refractivity contribution in [2.24, 2.45) is 0 Å². The summed E-state index contributed by atoms with van der Waals surface area (Å²) in [6.07, 6.45) is 1.88. The van der Waals surface area contributed by atoms with Crippen LogP contribution in [0, 0.1) is 13.8 Å². The Morgan fingerprint density at radius 3 is 2.35 bits per heavy atom. The normalized spacial score (nSPS) is 10.9. The second kappa shape index (κ2) is 4.97. The summed E-state index contributed by atoms with van der Waals surface area (Å²) >= 11 is 0. The molecule has 1 heterocycles. The van der Waals surface area contributed by atoms with Crippen molar-refractivity contribution in [2.75, 3.05) is 0 Å². The molecule has 0 N–H and O–H groups in total. The summed E-state index contributed by atoms with van der Waals surface area (Å²) in [6, 6.07) is 16.3. The van der Waals surface area contributed by atoms with Crippen LogP contribution in [0.4, 0.5) is 0 Å². The zero-order valence-corrected chi connectivity index (χ0v) is 11.8. The van der Waals surface area contributed by atoms with E-state index in [9.17, 15) is 4.79 Å². The van der Waals surface area contributed by atoms with Crippen LogP contribution in [0.3, 0.4) is 0 Å². The first kappa shape index (κ1) is 12.7. The van der Waals surface area contributed by atoms with Gasteiger partial charge in [-0.25, -0.2) is 0 Å². The minimum absolute atomic E-state index is 0.0723. The first-order valence-corrected chi connectivity index (χ1v) is 6.79. The molecule has 0 saturated heterocycles. The van der Waals surface area contributed by atoms with Gasteiger partial charge < -0.3 is 4.57 Å². The Hall–Kier alpha value is -2.35. The number of benzene rings is 2. The number of aromatic nitrogens is 1. The van der Waals surface area contributed by atoms with Crippen LogP contribution in [-0.4, -0.2) is 4.57 Å². The van der Waals surface area contributed by atoms with Gasteiger partial charge in [-0.05, 0) is 36.9 Å². The molecule has 3 rings (SSSR count). The fourth-order valence-corrected chi connectivity index (χ4v) is 2.42. The molecule has 0 aliphatic heterocycles. The molecule has 0 radical (unpaired) electrons. The topological polar surface area (TPSA) is 22.0 Å². The van der Waals surface area contributed by atoms with Gasteiger partial charge in [0.2, 0.25) is 0 Å². The first-order valence-electron chi connectivity index (χ1n) is 6.79. The van der Waals surface area contributed by atoms with Gasteiger partial charge in [-0.2, -0.15) is 0 Å². The zero-order chi connectivity index (χ0) is 14.1. The third-order valence-corrected chi connectivity index (χ3v) is 3.61. The van der Waals surface area contributed by atoms with Crippen molar-refractivity contribution in [3.63, 3.8) is 0 Å². The molecular formula is C18H17NO. The Morgan fingerprint density at radius 2 is 1.60 bits per heavy atom. The van der Waals surface area contributed by atoms with E-state index in [0.717, 1.165) is 16.3 Å². The number of aryl methyl sites for hydroxylation is 2. The number of pyridine rings is 1. The highest BCUT2D eigenvalue weighted by Crippen LogP contribution is 2.12. The Labute approximate surface area is 118 Å². The molecule has 2 nitrogen and oxygen atoms in total. The lowest BCUT2D eigenvalue weighted by Gasteiger charge is -2.08. The lowest BCUT2D eigenvalue weighted by atomic mass is 10.1. The molecule has 1 aromatic heterocycles. The molecule has 0 fully saturated rings. The van der Waals surface area contributed by atoms with Gasteiger partial charge in [0.25, 0.3) is 5.56 Å². The van der Waals surface area contributed by atoms with Crippen molar-refractivity contribution in [1.29, 1.82) is 0 Å². The van der Waals surface area contributed by atoms with Gasteiger partial charge >= 0.3 is 0 Å². The standard InChI is InChI=1S/C18H17NO/c1-13-3-6-15(7-4-13)12-19-10-9-16-11-14(2)5-8-17(16)18(19)20/h3-11H,12H2,1-2H3. The van der Waals surface area contributed by atoms with Crippen molar-refractivity contribution in [3.8, 4) is 0 Å². The lowest BCUT2D eigenvalue weighted by Crippen LogP contribution is -2.20.